The molecule has 0 spiro atoms. The Kier molecular flexibility index (Phi) is 6.46. The number of rotatable bonds is 8. The molecule has 114 valence electrons. The van der Waals surface area contributed by atoms with Crippen LogP contribution in [0.15, 0.2) is 41.0 Å². The predicted molar refractivity (Wildman–Crippen MR) is 91.6 cm³/mol. The van der Waals surface area contributed by atoms with Gasteiger partial charge in [-0.2, -0.15) is 5.10 Å². The van der Waals surface area contributed by atoms with Crippen LogP contribution in [0.2, 0.25) is 0 Å². The van der Waals surface area contributed by atoms with Gasteiger partial charge in [-0.3, -0.25) is 4.68 Å². The van der Waals surface area contributed by atoms with Gasteiger partial charge < -0.3 is 5.32 Å². The molecule has 0 bridgehead atoms. The largest absolute Gasteiger partial charge is 0.316 e. The second-order valence-electron chi connectivity index (χ2n) is 5.41. The summed E-state index contributed by atoms with van der Waals surface area (Å²) in [6, 6.07) is 10.7. The lowest BCUT2D eigenvalue weighted by Gasteiger charge is -2.19. The maximum absolute atomic E-state index is 4.25. The van der Waals surface area contributed by atoms with Crippen LogP contribution in [-0.4, -0.2) is 22.9 Å². The van der Waals surface area contributed by atoms with Crippen LogP contribution < -0.4 is 5.32 Å². The molecular formula is C17H24BrN3. The normalized spacial score (nSPS) is 12.5. The van der Waals surface area contributed by atoms with E-state index in [0.717, 1.165) is 25.9 Å². The Balaban J connectivity index is 2.05. The number of hydrogen-bond donors (Lipinski definition) is 1. The molecule has 1 unspecified atom stereocenters. The molecule has 1 N–H and O–H groups in total. The first-order valence-electron chi connectivity index (χ1n) is 7.64. The highest BCUT2D eigenvalue weighted by Gasteiger charge is 2.14. The van der Waals surface area contributed by atoms with Crippen LogP contribution in [-0.2, 0) is 13.5 Å². The molecule has 1 atom stereocenters. The highest BCUT2D eigenvalue weighted by atomic mass is 79.9. The van der Waals surface area contributed by atoms with Crippen molar-refractivity contribution in [2.75, 3.05) is 13.1 Å². The maximum atomic E-state index is 4.25. The Labute approximate surface area is 135 Å². The van der Waals surface area contributed by atoms with Crippen molar-refractivity contribution in [1.82, 2.24) is 15.1 Å². The van der Waals surface area contributed by atoms with E-state index in [9.17, 15) is 0 Å². The summed E-state index contributed by atoms with van der Waals surface area (Å²) in [6.45, 7) is 4.30. The van der Waals surface area contributed by atoms with Gasteiger partial charge in [0.05, 0.1) is 0 Å². The SMILES string of the molecule is CCCNCC(CCc1ccnn1C)c1ccccc1Br. The lowest BCUT2D eigenvalue weighted by atomic mass is 9.93. The second-order valence-corrected chi connectivity index (χ2v) is 6.26. The molecule has 0 aliphatic rings. The zero-order valence-electron chi connectivity index (χ0n) is 12.8. The van der Waals surface area contributed by atoms with Gasteiger partial charge in [0.2, 0.25) is 0 Å². The number of aryl methyl sites for hydroxylation is 2. The monoisotopic (exact) mass is 349 g/mol. The van der Waals surface area contributed by atoms with E-state index in [1.165, 1.54) is 22.2 Å². The van der Waals surface area contributed by atoms with Gasteiger partial charge in [-0.25, -0.2) is 0 Å². The highest BCUT2D eigenvalue weighted by molar-refractivity contribution is 9.10. The molecule has 0 fully saturated rings. The molecule has 0 saturated carbocycles. The first-order valence-corrected chi connectivity index (χ1v) is 8.43. The third-order valence-corrected chi connectivity index (χ3v) is 4.56. The summed E-state index contributed by atoms with van der Waals surface area (Å²) in [5.41, 5.74) is 2.69. The summed E-state index contributed by atoms with van der Waals surface area (Å²) in [4.78, 5) is 0. The molecule has 21 heavy (non-hydrogen) atoms. The highest BCUT2D eigenvalue weighted by Crippen LogP contribution is 2.28. The van der Waals surface area contributed by atoms with Crippen molar-refractivity contribution in [3.8, 4) is 0 Å². The average molecular weight is 350 g/mol. The third-order valence-electron chi connectivity index (χ3n) is 3.83. The van der Waals surface area contributed by atoms with Crippen molar-refractivity contribution < 1.29 is 0 Å². The Morgan fingerprint density at radius 1 is 1.29 bits per heavy atom. The number of nitrogens with one attached hydrogen (secondary N) is 1. The zero-order valence-corrected chi connectivity index (χ0v) is 14.4. The van der Waals surface area contributed by atoms with Crippen LogP contribution in [0.1, 0.15) is 36.9 Å². The topological polar surface area (TPSA) is 29.9 Å². The number of halogens is 1. The van der Waals surface area contributed by atoms with E-state index in [2.05, 4.69) is 63.6 Å². The summed E-state index contributed by atoms with van der Waals surface area (Å²) in [5, 5.41) is 7.81. The Morgan fingerprint density at radius 2 is 2.10 bits per heavy atom. The number of aromatic nitrogens is 2. The van der Waals surface area contributed by atoms with Gasteiger partial charge in [-0.15, -0.1) is 0 Å². The molecule has 3 nitrogen and oxygen atoms in total. The Morgan fingerprint density at radius 3 is 2.76 bits per heavy atom. The van der Waals surface area contributed by atoms with E-state index in [1.807, 2.05) is 17.9 Å². The van der Waals surface area contributed by atoms with Gasteiger partial charge in [-0.05, 0) is 49.4 Å². The average Bonchev–Trinajstić information content (AvgIpc) is 2.89. The van der Waals surface area contributed by atoms with Crippen LogP contribution in [0, 0.1) is 0 Å². The standard InChI is InChI=1S/C17H24BrN3/c1-3-11-19-13-14(16-6-4-5-7-17(16)18)8-9-15-10-12-20-21(15)2/h4-7,10,12,14,19H,3,8-9,11,13H2,1-2H3. The van der Waals surface area contributed by atoms with E-state index in [-0.39, 0.29) is 0 Å². The molecule has 0 aliphatic heterocycles. The van der Waals surface area contributed by atoms with Gasteiger partial charge >= 0.3 is 0 Å². The molecular weight excluding hydrogens is 326 g/mol. The second kappa shape index (κ2) is 8.35. The van der Waals surface area contributed by atoms with Crippen molar-refractivity contribution in [3.63, 3.8) is 0 Å². The molecule has 0 saturated heterocycles. The lowest BCUT2D eigenvalue weighted by Crippen LogP contribution is -2.23. The summed E-state index contributed by atoms with van der Waals surface area (Å²) < 4.78 is 3.18. The van der Waals surface area contributed by atoms with E-state index < -0.39 is 0 Å². The van der Waals surface area contributed by atoms with Crippen LogP contribution in [0.3, 0.4) is 0 Å². The quantitative estimate of drug-likeness (QED) is 0.732. The minimum atomic E-state index is 0.516. The third kappa shape index (κ3) is 4.68. The molecule has 4 heteroatoms. The van der Waals surface area contributed by atoms with Gasteiger partial charge in [0.15, 0.2) is 0 Å². The fraction of sp³-hybridized carbons (Fsp3) is 0.471. The zero-order chi connectivity index (χ0) is 15.1. The minimum absolute atomic E-state index is 0.516. The number of benzene rings is 1. The van der Waals surface area contributed by atoms with Crippen LogP contribution in [0.4, 0.5) is 0 Å². The van der Waals surface area contributed by atoms with Crippen LogP contribution in [0.5, 0.6) is 0 Å². The summed E-state index contributed by atoms with van der Waals surface area (Å²) in [5.74, 6) is 0.516. The molecule has 0 amide bonds. The van der Waals surface area contributed by atoms with Gasteiger partial charge in [0.1, 0.15) is 0 Å². The summed E-state index contributed by atoms with van der Waals surface area (Å²) in [6.07, 6.45) is 5.22. The van der Waals surface area contributed by atoms with Crippen molar-refractivity contribution in [2.45, 2.75) is 32.1 Å². The first kappa shape index (κ1) is 16.2. The Hall–Kier alpha value is -1.13. The smallest absolute Gasteiger partial charge is 0.0492 e. The van der Waals surface area contributed by atoms with Crippen LogP contribution >= 0.6 is 15.9 Å². The van der Waals surface area contributed by atoms with Crippen molar-refractivity contribution >= 4 is 15.9 Å². The minimum Gasteiger partial charge on any atom is -0.316 e. The van der Waals surface area contributed by atoms with Gasteiger partial charge in [0, 0.05) is 30.0 Å². The van der Waals surface area contributed by atoms with E-state index in [1.54, 1.807) is 0 Å². The fourth-order valence-electron chi connectivity index (χ4n) is 2.60. The van der Waals surface area contributed by atoms with Crippen molar-refractivity contribution in [2.24, 2.45) is 7.05 Å². The van der Waals surface area contributed by atoms with Crippen molar-refractivity contribution in [1.29, 1.82) is 0 Å². The summed E-state index contributed by atoms with van der Waals surface area (Å²) >= 11 is 3.69. The van der Waals surface area contributed by atoms with Gasteiger partial charge in [-0.1, -0.05) is 41.1 Å². The van der Waals surface area contributed by atoms with Crippen LogP contribution in [0.25, 0.3) is 0 Å². The molecule has 2 aromatic rings. The maximum Gasteiger partial charge on any atom is 0.0492 e. The van der Waals surface area contributed by atoms with E-state index in [0.29, 0.717) is 5.92 Å². The predicted octanol–water partition coefficient (Wildman–Crippen LogP) is 3.90. The molecule has 1 heterocycles. The Bertz CT molecular complexity index is 550. The first-order chi connectivity index (χ1) is 10.2. The lowest BCUT2D eigenvalue weighted by molar-refractivity contribution is 0.537. The van der Waals surface area contributed by atoms with Crippen molar-refractivity contribution in [3.05, 3.63) is 52.3 Å². The molecule has 2 rings (SSSR count). The number of hydrogen-bond acceptors (Lipinski definition) is 2. The molecule has 0 aliphatic carbocycles. The number of nitrogens with zero attached hydrogens (tertiary/aromatic N) is 2. The van der Waals surface area contributed by atoms with E-state index in [4.69, 9.17) is 0 Å². The van der Waals surface area contributed by atoms with Gasteiger partial charge in [0.25, 0.3) is 0 Å². The summed E-state index contributed by atoms with van der Waals surface area (Å²) in [7, 11) is 2.01. The van der Waals surface area contributed by atoms with E-state index >= 15 is 0 Å². The molecule has 1 aromatic heterocycles. The molecule has 0 radical (unpaired) electrons. The fourth-order valence-corrected chi connectivity index (χ4v) is 3.20. The molecule has 1 aromatic carbocycles.